The molecule has 5 heteroatoms. The minimum atomic E-state index is -0.662. The molecule has 0 spiro atoms. The van der Waals surface area contributed by atoms with Crippen molar-refractivity contribution in [2.45, 2.75) is 39.7 Å². The molecule has 0 heterocycles. The first-order valence-corrected chi connectivity index (χ1v) is 10.9. The number of hydrogen-bond donors (Lipinski definition) is 2. The molecule has 32 heavy (non-hydrogen) atoms. The number of carbonyl (C=O) groups excluding carboxylic acids is 2. The second-order valence-corrected chi connectivity index (χ2v) is 7.81. The molecule has 5 nitrogen and oxygen atoms in total. The fraction of sp³-hybridized carbons (Fsp3) is 0.259. The van der Waals surface area contributed by atoms with Crippen molar-refractivity contribution in [3.05, 3.63) is 95.1 Å². The van der Waals surface area contributed by atoms with E-state index in [1.807, 2.05) is 69.3 Å². The van der Waals surface area contributed by atoms with E-state index in [0.29, 0.717) is 30.0 Å². The number of nitrogens with one attached hydrogen (secondary N) is 2. The molecule has 0 aliphatic rings. The molecule has 2 amide bonds. The predicted molar refractivity (Wildman–Crippen MR) is 128 cm³/mol. The highest BCUT2D eigenvalue weighted by molar-refractivity contribution is 6.04. The highest BCUT2D eigenvalue weighted by Gasteiger charge is 2.21. The molecule has 0 aliphatic carbocycles. The van der Waals surface area contributed by atoms with E-state index in [2.05, 4.69) is 10.6 Å². The van der Waals surface area contributed by atoms with Crippen molar-refractivity contribution in [1.29, 1.82) is 0 Å². The molecule has 166 valence electrons. The van der Waals surface area contributed by atoms with E-state index in [-0.39, 0.29) is 11.8 Å². The van der Waals surface area contributed by atoms with Crippen molar-refractivity contribution in [2.24, 2.45) is 0 Å². The molecule has 3 aromatic rings. The summed E-state index contributed by atoms with van der Waals surface area (Å²) in [6, 6.07) is 22.9. The molecular formula is C27H30N2O3. The Kier molecular flexibility index (Phi) is 8.03. The molecule has 0 fully saturated rings. The monoisotopic (exact) mass is 430 g/mol. The number of aryl methyl sites for hydroxylation is 2. The predicted octanol–water partition coefficient (Wildman–Crippen LogP) is 5.07. The van der Waals surface area contributed by atoms with Crippen molar-refractivity contribution in [3.8, 4) is 5.75 Å². The summed E-state index contributed by atoms with van der Waals surface area (Å²) < 4.78 is 6.01. The Bertz CT molecular complexity index is 1060. The van der Waals surface area contributed by atoms with E-state index in [0.717, 1.165) is 23.1 Å². The number of para-hydroxylation sites is 1. The molecule has 0 saturated heterocycles. The van der Waals surface area contributed by atoms with Crippen molar-refractivity contribution in [1.82, 2.24) is 5.32 Å². The van der Waals surface area contributed by atoms with E-state index in [4.69, 9.17) is 4.74 Å². The fourth-order valence-corrected chi connectivity index (χ4v) is 3.37. The Hall–Kier alpha value is -3.60. The second kappa shape index (κ2) is 11.1. The van der Waals surface area contributed by atoms with Gasteiger partial charge in [0, 0.05) is 6.54 Å². The van der Waals surface area contributed by atoms with Crippen molar-refractivity contribution in [3.63, 3.8) is 0 Å². The first-order valence-electron chi connectivity index (χ1n) is 10.9. The maximum absolute atomic E-state index is 13.0. The van der Waals surface area contributed by atoms with Gasteiger partial charge in [0.1, 0.15) is 5.75 Å². The van der Waals surface area contributed by atoms with Gasteiger partial charge in [0.25, 0.3) is 11.8 Å². The lowest BCUT2D eigenvalue weighted by atomic mass is 10.1. The number of carbonyl (C=O) groups is 2. The van der Waals surface area contributed by atoms with Gasteiger partial charge in [-0.2, -0.15) is 0 Å². The smallest absolute Gasteiger partial charge is 0.265 e. The van der Waals surface area contributed by atoms with E-state index in [1.165, 1.54) is 0 Å². The normalized spacial score (nSPS) is 11.5. The van der Waals surface area contributed by atoms with Gasteiger partial charge in [-0.15, -0.1) is 0 Å². The van der Waals surface area contributed by atoms with Gasteiger partial charge in [0.2, 0.25) is 0 Å². The van der Waals surface area contributed by atoms with Crippen LogP contribution in [0.3, 0.4) is 0 Å². The molecule has 2 N–H and O–H groups in total. The van der Waals surface area contributed by atoms with E-state index in [1.54, 1.807) is 24.3 Å². The van der Waals surface area contributed by atoms with Crippen LogP contribution in [0.15, 0.2) is 72.8 Å². The zero-order chi connectivity index (χ0) is 22.9. The number of amides is 2. The summed E-state index contributed by atoms with van der Waals surface area (Å²) in [6.45, 7) is 6.35. The molecular weight excluding hydrogens is 400 g/mol. The number of hydrogen-bond acceptors (Lipinski definition) is 3. The first kappa shape index (κ1) is 23.1. The third-order valence-electron chi connectivity index (χ3n) is 5.25. The fourth-order valence-electron chi connectivity index (χ4n) is 3.37. The number of benzene rings is 3. The van der Waals surface area contributed by atoms with Crippen LogP contribution >= 0.6 is 0 Å². The third kappa shape index (κ3) is 6.20. The quantitative estimate of drug-likeness (QED) is 0.498. The molecule has 0 radical (unpaired) electrons. The molecule has 1 atom stereocenters. The summed E-state index contributed by atoms with van der Waals surface area (Å²) in [5.41, 5.74) is 4.09. The maximum atomic E-state index is 13.0. The Labute approximate surface area is 189 Å². The van der Waals surface area contributed by atoms with Gasteiger partial charge in [-0.05, 0) is 61.6 Å². The number of ether oxygens (including phenoxy) is 1. The van der Waals surface area contributed by atoms with Gasteiger partial charge in [0.05, 0.1) is 11.3 Å². The molecule has 0 unspecified atom stereocenters. The Morgan fingerprint density at radius 2 is 1.66 bits per heavy atom. The summed E-state index contributed by atoms with van der Waals surface area (Å²) in [6.07, 6.45) is 0.581. The van der Waals surface area contributed by atoms with Crippen molar-refractivity contribution < 1.29 is 14.3 Å². The van der Waals surface area contributed by atoms with Crippen LogP contribution in [0.1, 0.15) is 40.4 Å². The summed E-state index contributed by atoms with van der Waals surface area (Å²) in [5.74, 6) is 0.192. The van der Waals surface area contributed by atoms with E-state index >= 15 is 0 Å². The van der Waals surface area contributed by atoms with Crippen LogP contribution < -0.4 is 15.4 Å². The van der Waals surface area contributed by atoms with Crippen LogP contribution in [0.2, 0.25) is 0 Å². The molecule has 0 aliphatic heterocycles. The average Bonchev–Trinajstić information content (AvgIpc) is 2.80. The van der Waals surface area contributed by atoms with Gasteiger partial charge in [-0.25, -0.2) is 0 Å². The molecule has 3 rings (SSSR count). The van der Waals surface area contributed by atoms with Crippen molar-refractivity contribution >= 4 is 17.5 Å². The molecule has 3 aromatic carbocycles. The Morgan fingerprint density at radius 1 is 0.938 bits per heavy atom. The van der Waals surface area contributed by atoms with Crippen LogP contribution in [0, 0.1) is 13.8 Å². The number of anilines is 1. The lowest BCUT2D eigenvalue weighted by Gasteiger charge is -2.20. The van der Waals surface area contributed by atoms with Crippen LogP contribution in [-0.4, -0.2) is 24.5 Å². The zero-order valence-electron chi connectivity index (χ0n) is 18.9. The lowest BCUT2D eigenvalue weighted by Crippen LogP contribution is -2.34. The van der Waals surface area contributed by atoms with Crippen LogP contribution in [0.4, 0.5) is 5.69 Å². The van der Waals surface area contributed by atoms with Gasteiger partial charge in [0.15, 0.2) is 6.10 Å². The largest absolute Gasteiger partial charge is 0.480 e. The third-order valence-corrected chi connectivity index (χ3v) is 5.25. The first-order chi connectivity index (χ1) is 15.5. The van der Waals surface area contributed by atoms with E-state index < -0.39 is 6.10 Å². The highest BCUT2D eigenvalue weighted by atomic mass is 16.5. The summed E-state index contributed by atoms with van der Waals surface area (Å²) in [7, 11) is 0. The van der Waals surface area contributed by atoms with Gasteiger partial charge in [-0.3, -0.25) is 9.59 Å². The standard InChI is InChI=1S/C27H30N2O3/c1-4-24(32-25-18-19(2)14-15-20(25)3)27(31)29-23-13-9-8-12-22(23)26(30)28-17-16-21-10-6-5-7-11-21/h5-15,18,24H,4,16-17H2,1-3H3,(H,28,30)(H,29,31)/t24-/m1/s1. The Morgan fingerprint density at radius 3 is 2.41 bits per heavy atom. The topological polar surface area (TPSA) is 67.4 Å². The summed E-state index contributed by atoms with van der Waals surface area (Å²) in [5, 5.41) is 5.82. The average molecular weight is 431 g/mol. The Balaban J connectivity index is 1.65. The zero-order valence-corrected chi connectivity index (χ0v) is 18.9. The number of rotatable bonds is 9. The van der Waals surface area contributed by atoms with Crippen LogP contribution in [0.5, 0.6) is 5.75 Å². The van der Waals surface area contributed by atoms with Gasteiger partial charge >= 0.3 is 0 Å². The molecule has 0 saturated carbocycles. The van der Waals surface area contributed by atoms with Gasteiger partial charge in [-0.1, -0.05) is 61.5 Å². The SMILES string of the molecule is CC[C@@H](Oc1cc(C)ccc1C)C(=O)Nc1ccccc1C(=O)NCCc1ccccc1. The van der Waals surface area contributed by atoms with Gasteiger partial charge < -0.3 is 15.4 Å². The second-order valence-electron chi connectivity index (χ2n) is 7.81. The van der Waals surface area contributed by atoms with Crippen molar-refractivity contribution in [2.75, 3.05) is 11.9 Å². The molecule has 0 aromatic heterocycles. The van der Waals surface area contributed by atoms with Crippen LogP contribution in [0.25, 0.3) is 0 Å². The van der Waals surface area contributed by atoms with Crippen LogP contribution in [-0.2, 0) is 11.2 Å². The molecule has 0 bridgehead atoms. The minimum Gasteiger partial charge on any atom is -0.480 e. The summed E-state index contributed by atoms with van der Waals surface area (Å²) >= 11 is 0. The van der Waals surface area contributed by atoms with E-state index in [9.17, 15) is 9.59 Å². The minimum absolute atomic E-state index is 0.222. The lowest BCUT2D eigenvalue weighted by molar-refractivity contribution is -0.122. The highest BCUT2D eigenvalue weighted by Crippen LogP contribution is 2.22. The maximum Gasteiger partial charge on any atom is 0.265 e. The summed E-state index contributed by atoms with van der Waals surface area (Å²) in [4.78, 5) is 25.7.